The Morgan fingerprint density at radius 1 is 1.24 bits per heavy atom. The van der Waals surface area contributed by atoms with Crippen LogP contribution in [-0.4, -0.2) is 14.5 Å². The van der Waals surface area contributed by atoms with E-state index in [-0.39, 0.29) is 0 Å². The highest BCUT2D eigenvalue weighted by atomic mass is 35.5. The Balaban J connectivity index is 1.94. The molecule has 0 saturated heterocycles. The van der Waals surface area contributed by atoms with Crippen molar-refractivity contribution >= 4 is 22.6 Å². The molecule has 1 aromatic carbocycles. The minimum absolute atomic E-state index is 0.529. The van der Waals surface area contributed by atoms with Crippen molar-refractivity contribution in [2.75, 3.05) is 0 Å². The summed E-state index contributed by atoms with van der Waals surface area (Å²) in [6, 6.07) is 10.6. The Hall–Kier alpha value is -1.91. The third-order valence-electron chi connectivity index (χ3n) is 3.86. The van der Waals surface area contributed by atoms with Crippen LogP contribution in [0.25, 0.3) is 22.6 Å². The van der Waals surface area contributed by atoms with Crippen molar-refractivity contribution in [1.82, 2.24) is 14.5 Å². The van der Waals surface area contributed by atoms with Crippen LogP contribution >= 0.6 is 11.6 Å². The van der Waals surface area contributed by atoms with E-state index in [1.54, 1.807) is 6.20 Å². The lowest BCUT2D eigenvalue weighted by Gasteiger charge is -2.07. The Kier molecular flexibility index (Phi) is 2.94. The van der Waals surface area contributed by atoms with Crippen LogP contribution in [0.1, 0.15) is 24.4 Å². The van der Waals surface area contributed by atoms with E-state index in [9.17, 15) is 0 Å². The van der Waals surface area contributed by atoms with Crippen LogP contribution in [0.4, 0.5) is 0 Å². The van der Waals surface area contributed by atoms with Gasteiger partial charge in [-0.05, 0) is 42.7 Å². The van der Waals surface area contributed by atoms with Gasteiger partial charge >= 0.3 is 0 Å². The van der Waals surface area contributed by atoms with Crippen LogP contribution in [-0.2, 0) is 6.54 Å². The molecule has 21 heavy (non-hydrogen) atoms. The Morgan fingerprint density at radius 2 is 2.10 bits per heavy atom. The largest absolute Gasteiger partial charge is 0.326 e. The van der Waals surface area contributed by atoms with Crippen LogP contribution in [0.5, 0.6) is 0 Å². The third-order valence-corrected chi connectivity index (χ3v) is 4.08. The van der Waals surface area contributed by atoms with Crippen molar-refractivity contribution in [2.24, 2.45) is 5.73 Å². The van der Waals surface area contributed by atoms with Crippen molar-refractivity contribution in [3.8, 4) is 11.5 Å². The van der Waals surface area contributed by atoms with E-state index < -0.39 is 0 Å². The van der Waals surface area contributed by atoms with Gasteiger partial charge in [0, 0.05) is 18.8 Å². The summed E-state index contributed by atoms with van der Waals surface area (Å²) in [6.07, 6.45) is 4.06. The first-order valence-electron chi connectivity index (χ1n) is 7.09. The fourth-order valence-electron chi connectivity index (χ4n) is 2.66. The predicted molar refractivity (Wildman–Crippen MR) is 84.1 cm³/mol. The number of nitrogens with zero attached hydrogens (tertiary/aromatic N) is 3. The van der Waals surface area contributed by atoms with E-state index in [0.717, 1.165) is 28.1 Å². The lowest BCUT2D eigenvalue weighted by atomic mass is 10.2. The quantitative estimate of drug-likeness (QED) is 0.804. The van der Waals surface area contributed by atoms with Crippen molar-refractivity contribution in [2.45, 2.75) is 25.4 Å². The van der Waals surface area contributed by atoms with Gasteiger partial charge in [-0.25, -0.2) is 4.98 Å². The van der Waals surface area contributed by atoms with Gasteiger partial charge in [0.1, 0.15) is 5.69 Å². The SMILES string of the molecule is NCc1ccc2c(c1)nc(-c1ccc(Cl)cn1)n2C1CC1. The predicted octanol–water partition coefficient (Wildman–Crippen LogP) is 3.55. The highest BCUT2D eigenvalue weighted by Crippen LogP contribution is 2.41. The molecule has 0 spiro atoms. The fourth-order valence-corrected chi connectivity index (χ4v) is 2.77. The summed E-state index contributed by atoms with van der Waals surface area (Å²) < 4.78 is 2.30. The highest BCUT2D eigenvalue weighted by molar-refractivity contribution is 6.30. The summed E-state index contributed by atoms with van der Waals surface area (Å²) >= 11 is 5.93. The zero-order chi connectivity index (χ0) is 14.4. The van der Waals surface area contributed by atoms with Crippen LogP contribution < -0.4 is 5.73 Å². The first-order chi connectivity index (χ1) is 10.3. The van der Waals surface area contributed by atoms with Crippen LogP contribution in [0.3, 0.4) is 0 Å². The molecule has 4 nitrogen and oxygen atoms in total. The maximum absolute atomic E-state index is 5.93. The Morgan fingerprint density at radius 3 is 2.76 bits per heavy atom. The number of pyridine rings is 1. The molecule has 0 amide bonds. The number of hydrogen-bond acceptors (Lipinski definition) is 3. The maximum atomic E-state index is 5.93. The van der Waals surface area contributed by atoms with E-state index in [2.05, 4.69) is 27.8 Å². The molecule has 4 rings (SSSR count). The smallest absolute Gasteiger partial charge is 0.160 e. The maximum Gasteiger partial charge on any atom is 0.160 e. The highest BCUT2D eigenvalue weighted by Gasteiger charge is 2.29. The van der Waals surface area contributed by atoms with E-state index >= 15 is 0 Å². The van der Waals surface area contributed by atoms with Gasteiger partial charge in [-0.2, -0.15) is 0 Å². The second-order valence-corrected chi connectivity index (χ2v) is 5.86. The second-order valence-electron chi connectivity index (χ2n) is 5.43. The summed E-state index contributed by atoms with van der Waals surface area (Å²) in [5.41, 5.74) is 9.82. The molecule has 1 aliphatic rings. The lowest BCUT2D eigenvalue weighted by Crippen LogP contribution is -1.99. The van der Waals surface area contributed by atoms with E-state index in [1.807, 2.05) is 12.1 Å². The first-order valence-corrected chi connectivity index (χ1v) is 7.47. The molecule has 5 heteroatoms. The van der Waals surface area contributed by atoms with Gasteiger partial charge in [0.2, 0.25) is 0 Å². The summed E-state index contributed by atoms with van der Waals surface area (Å²) in [7, 11) is 0. The normalized spacial score (nSPS) is 14.8. The van der Waals surface area contributed by atoms with Crippen molar-refractivity contribution in [1.29, 1.82) is 0 Å². The zero-order valence-electron chi connectivity index (χ0n) is 11.5. The molecule has 0 radical (unpaired) electrons. The molecule has 0 atom stereocenters. The molecule has 3 aromatic rings. The number of nitrogens with two attached hydrogens (primary N) is 1. The molecule has 106 valence electrons. The van der Waals surface area contributed by atoms with Crippen molar-refractivity contribution < 1.29 is 0 Å². The first kappa shape index (κ1) is 12.8. The van der Waals surface area contributed by atoms with Gasteiger partial charge < -0.3 is 10.3 Å². The molecular weight excluding hydrogens is 284 g/mol. The number of benzene rings is 1. The van der Waals surface area contributed by atoms with Crippen LogP contribution in [0.2, 0.25) is 5.02 Å². The van der Waals surface area contributed by atoms with Crippen LogP contribution in [0.15, 0.2) is 36.5 Å². The Labute approximate surface area is 127 Å². The minimum atomic E-state index is 0.529. The number of aromatic nitrogens is 3. The van der Waals surface area contributed by atoms with Gasteiger partial charge in [-0.15, -0.1) is 0 Å². The molecule has 0 bridgehead atoms. The molecule has 0 aliphatic heterocycles. The summed E-state index contributed by atoms with van der Waals surface area (Å²) in [4.78, 5) is 9.20. The van der Waals surface area contributed by atoms with Gasteiger partial charge in [0.25, 0.3) is 0 Å². The van der Waals surface area contributed by atoms with E-state index in [0.29, 0.717) is 17.6 Å². The molecule has 2 heterocycles. The molecule has 2 aromatic heterocycles. The molecule has 2 N–H and O–H groups in total. The average Bonchev–Trinajstić information content (AvgIpc) is 3.27. The summed E-state index contributed by atoms with van der Waals surface area (Å²) in [5, 5.41) is 0.637. The Bertz CT molecular complexity index is 803. The third kappa shape index (κ3) is 2.20. The summed E-state index contributed by atoms with van der Waals surface area (Å²) in [5.74, 6) is 0.915. The second kappa shape index (κ2) is 4.83. The van der Waals surface area contributed by atoms with E-state index in [1.165, 1.54) is 12.8 Å². The number of imidazole rings is 1. The standard InChI is InChI=1S/C16H15ClN4/c17-11-2-5-13(19-9-11)16-20-14-7-10(8-18)1-6-15(14)21(16)12-3-4-12/h1-2,5-7,9,12H,3-4,8,18H2. The molecule has 1 saturated carbocycles. The average molecular weight is 299 g/mol. The topological polar surface area (TPSA) is 56.7 Å². The van der Waals surface area contributed by atoms with E-state index in [4.69, 9.17) is 22.3 Å². The molecule has 1 fully saturated rings. The lowest BCUT2D eigenvalue weighted by molar-refractivity contribution is 0.772. The number of hydrogen-bond donors (Lipinski definition) is 1. The summed E-state index contributed by atoms with van der Waals surface area (Å²) in [6.45, 7) is 0.529. The molecule has 0 unspecified atom stereocenters. The van der Waals surface area contributed by atoms with Crippen molar-refractivity contribution in [3.63, 3.8) is 0 Å². The number of halogens is 1. The zero-order valence-corrected chi connectivity index (χ0v) is 12.2. The number of rotatable bonds is 3. The molecular formula is C16H15ClN4. The number of fused-ring (bicyclic) bond motifs is 1. The van der Waals surface area contributed by atoms with Crippen molar-refractivity contribution in [3.05, 3.63) is 47.1 Å². The fraction of sp³-hybridized carbons (Fsp3) is 0.250. The van der Waals surface area contributed by atoms with Gasteiger partial charge in [0.05, 0.1) is 16.1 Å². The van der Waals surface area contributed by atoms with Gasteiger partial charge in [-0.3, -0.25) is 4.98 Å². The minimum Gasteiger partial charge on any atom is -0.326 e. The van der Waals surface area contributed by atoms with Gasteiger partial charge in [0.15, 0.2) is 5.82 Å². The monoisotopic (exact) mass is 298 g/mol. The van der Waals surface area contributed by atoms with Crippen LogP contribution in [0, 0.1) is 0 Å². The van der Waals surface area contributed by atoms with Gasteiger partial charge in [-0.1, -0.05) is 17.7 Å². The molecule has 1 aliphatic carbocycles.